The van der Waals surface area contributed by atoms with Crippen LogP contribution < -0.4 is 4.74 Å². The number of aliphatic hydroxyl groups excluding tert-OH is 1. The van der Waals surface area contributed by atoms with Gasteiger partial charge in [-0.15, -0.1) is 12.4 Å². The highest BCUT2D eigenvalue weighted by atomic mass is 35.5. The lowest BCUT2D eigenvalue weighted by Crippen LogP contribution is -2.02. The van der Waals surface area contributed by atoms with Crippen LogP contribution in [0, 0.1) is 0 Å². The molecule has 17 heavy (non-hydrogen) atoms. The van der Waals surface area contributed by atoms with Gasteiger partial charge < -0.3 is 9.84 Å². The Hall–Kier alpha value is -1.58. The number of hydrogen-bond acceptors (Lipinski definition) is 3. The predicted molar refractivity (Wildman–Crippen MR) is 68.2 cm³/mol. The number of ether oxygens (including phenoxy) is 1. The van der Waals surface area contributed by atoms with Crippen molar-refractivity contribution in [1.29, 1.82) is 0 Å². The monoisotopic (exact) mass is 251 g/mol. The molecular formula is C13H14ClNO2. The molecule has 0 aliphatic rings. The molecule has 90 valence electrons. The van der Waals surface area contributed by atoms with E-state index < -0.39 is 0 Å². The second kappa shape index (κ2) is 6.89. The molecule has 3 nitrogen and oxygen atoms in total. The molecule has 0 amide bonds. The molecular weight excluding hydrogens is 238 g/mol. The topological polar surface area (TPSA) is 42.4 Å². The van der Waals surface area contributed by atoms with Gasteiger partial charge in [0.05, 0.1) is 12.3 Å². The van der Waals surface area contributed by atoms with E-state index >= 15 is 0 Å². The molecule has 1 aromatic heterocycles. The summed E-state index contributed by atoms with van der Waals surface area (Å²) < 4.78 is 5.56. The lowest BCUT2D eigenvalue weighted by Gasteiger charge is -2.08. The van der Waals surface area contributed by atoms with Gasteiger partial charge in [-0.25, -0.2) is 0 Å². The Bertz CT molecular complexity index is 448. The van der Waals surface area contributed by atoms with Gasteiger partial charge in [0.2, 0.25) is 0 Å². The van der Waals surface area contributed by atoms with Gasteiger partial charge in [-0.05, 0) is 18.2 Å². The van der Waals surface area contributed by atoms with E-state index in [1.54, 1.807) is 12.3 Å². The quantitative estimate of drug-likeness (QED) is 0.908. The molecule has 2 aromatic rings. The SMILES string of the molecule is Cl.OCc1cccnc1COc1ccccc1. The zero-order chi connectivity index (χ0) is 11.2. The minimum Gasteiger partial charge on any atom is -0.487 e. The summed E-state index contributed by atoms with van der Waals surface area (Å²) >= 11 is 0. The van der Waals surface area contributed by atoms with Crippen LogP contribution in [0.5, 0.6) is 5.75 Å². The number of benzene rings is 1. The van der Waals surface area contributed by atoms with Crippen LogP contribution in [0.3, 0.4) is 0 Å². The molecule has 0 saturated carbocycles. The first-order valence-electron chi connectivity index (χ1n) is 5.11. The zero-order valence-electron chi connectivity index (χ0n) is 9.24. The maximum atomic E-state index is 9.12. The van der Waals surface area contributed by atoms with E-state index in [4.69, 9.17) is 9.84 Å². The van der Waals surface area contributed by atoms with Crippen LogP contribution in [0.1, 0.15) is 11.3 Å². The summed E-state index contributed by atoms with van der Waals surface area (Å²) in [5.41, 5.74) is 1.58. The highest BCUT2D eigenvalue weighted by molar-refractivity contribution is 5.85. The molecule has 1 aromatic carbocycles. The van der Waals surface area contributed by atoms with Crippen molar-refractivity contribution in [1.82, 2.24) is 4.98 Å². The number of nitrogens with zero attached hydrogens (tertiary/aromatic N) is 1. The van der Waals surface area contributed by atoms with Gasteiger partial charge >= 0.3 is 0 Å². The van der Waals surface area contributed by atoms with Gasteiger partial charge in [-0.1, -0.05) is 24.3 Å². The van der Waals surface area contributed by atoms with Crippen LogP contribution in [-0.4, -0.2) is 10.1 Å². The number of aliphatic hydroxyl groups is 1. The summed E-state index contributed by atoms with van der Waals surface area (Å²) in [6, 6.07) is 13.2. The van der Waals surface area contributed by atoms with Crippen LogP contribution in [-0.2, 0) is 13.2 Å². The molecule has 0 bridgehead atoms. The van der Waals surface area contributed by atoms with Crippen LogP contribution in [0.4, 0.5) is 0 Å². The van der Waals surface area contributed by atoms with Gasteiger partial charge in [0, 0.05) is 11.8 Å². The number of halogens is 1. The molecule has 0 aliphatic carbocycles. The molecule has 0 radical (unpaired) electrons. The Morgan fingerprint density at radius 1 is 1.06 bits per heavy atom. The molecule has 0 aliphatic heterocycles. The van der Waals surface area contributed by atoms with Crippen molar-refractivity contribution in [2.75, 3.05) is 0 Å². The average molecular weight is 252 g/mol. The van der Waals surface area contributed by atoms with Gasteiger partial charge in [0.15, 0.2) is 0 Å². The Kier molecular flexibility index (Phi) is 5.46. The molecule has 2 rings (SSSR count). The Morgan fingerprint density at radius 2 is 1.82 bits per heavy atom. The zero-order valence-corrected chi connectivity index (χ0v) is 10.1. The summed E-state index contributed by atoms with van der Waals surface area (Å²) in [5, 5.41) is 9.12. The molecule has 1 heterocycles. The van der Waals surface area contributed by atoms with Crippen LogP contribution in [0.2, 0.25) is 0 Å². The minimum atomic E-state index is -0.0126. The maximum absolute atomic E-state index is 9.12. The van der Waals surface area contributed by atoms with Gasteiger partial charge in [-0.3, -0.25) is 4.98 Å². The summed E-state index contributed by atoms with van der Waals surface area (Å²) in [5.74, 6) is 0.803. The van der Waals surface area contributed by atoms with E-state index in [0.29, 0.717) is 6.61 Å². The van der Waals surface area contributed by atoms with Crippen LogP contribution in [0.15, 0.2) is 48.7 Å². The van der Waals surface area contributed by atoms with Crippen molar-refractivity contribution in [3.05, 3.63) is 59.9 Å². The van der Waals surface area contributed by atoms with E-state index in [1.807, 2.05) is 36.4 Å². The smallest absolute Gasteiger partial charge is 0.131 e. The van der Waals surface area contributed by atoms with Crippen molar-refractivity contribution in [3.8, 4) is 5.75 Å². The molecule has 4 heteroatoms. The third-order valence-electron chi connectivity index (χ3n) is 2.27. The Balaban J connectivity index is 0.00000144. The molecule has 0 saturated heterocycles. The maximum Gasteiger partial charge on any atom is 0.131 e. The van der Waals surface area contributed by atoms with Crippen molar-refractivity contribution in [3.63, 3.8) is 0 Å². The van der Waals surface area contributed by atoms with Gasteiger partial charge in [-0.2, -0.15) is 0 Å². The normalized spacial score (nSPS) is 9.47. The van der Waals surface area contributed by atoms with Crippen molar-refractivity contribution < 1.29 is 9.84 Å². The standard InChI is InChI=1S/C13H13NO2.ClH/c15-9-11-5-4-8-14-13(11)10-16-12-6-2-1-3-7-12;/h1-8,15H,9-10H2;1H. The first kappa shape index (κ1) is 13.5. The molecule has 0 atom stereocenters. The number of aromatic nitrogens is 1. The summed E-state index contributed by atoms with van der Waals surface area (Å²) in [6.45, 7) is 0.363. The molecule has 0 unspecified atom stereocenters. The molecule has 1 N–H and O–H groups in total. The Morgan fingerprint density at radius 3 is 2.53 bits per heavy atom. The second-order valence-electron chi connectivity index (χ2n) is 3.37. The van der Waals surface area contributed by atoms with Gasteiger partial charge in [0.1, 0.15) is 12.4 Å². The lowest BCUT2D eigenvalue weighted by molar-refractivity contribution is 0.266. The first-order valence-corrected chi connectivity index (χ1v) is 5.11. The molecule has 0 fully saturated rings. The van der Waals surface area contributed by atoms with Gasteiger partial charge in [0.25, 0.3) is 0 Å². The van der Waals surface area contributed by atoms with Crippen molar-refractivity contribution in [2.24, 2.45) is 0 Å². The minimum absolute atomic E-state index is 0. The second-order valence-corrected chi connectivity index (χ2v) is 3.37. The van der Waals surface area contributed by atoms with E-state index in [-0.39, 0.29) is 19.0 Å². The Labute approximate surface area is 106 Å². The molecule has 0 spiro atoms. The first-order chi connectivity index (χ1) is 7.90. The number of hydrogen-bond donors (Lipinski definition) is 1. The van der Waals surface area contributed by atoms with E-state index in [9.17, 15) is 0 Å². The largest absolute Gasteiger partial charge is 0.487 e. The van der Waals surface area contributed by atoms with Crippen LogP contribution >= 0.6 is 12.4 Å². The van der Waals surface area contributed by atoms with E-state index in [2.05, 4.69) is 4.98 Å². The predicted octanol–water partition coefficient (Wildman–Crippen LogP) is 2.57. The highest BCUT2D eigenvalue weighted by Gasteiger charge is 2.02. The van der Waals surface area contributed by atoms with Crippen molar-refractivity contribution in [2.45, 2.75) is 13.2 Å². The highest BCUT2D eigenvalue weighted by Crippen LogP contribution is 2.12. The number of pyridine rings is 1. The fraction of sp³-hybridized carbons (Fsp3) is 0.154. The van der Waals surface area contributed by atoms with Crippen molar-refractivity contribution >= 4 is 12.4 Å². The summed E-state index contributed by atoms with van der Waals surface area (Å²) in [7, 11) is 0. The van der Waals surface area contributed by atoms with E-state index in [0.717, 1.165) is 17.0 Å². The fourth-order valence-electron chi connectivity index (χ4n) is 1.41. The average Bonchev–Trinajstić information content (AvgIpc) is 2.38. The third kappa shape index (κ3) is 3.73. The lowest BCUT2D eigenvalue weighted by atomic mass is 10.2. The summed E-state index contributed by atoms with van der Waals surface area (Å²) in [6.07, 6.45) is 1.70. The van der Waals surface area contributed by atoms with Crippen LogP contribution in [0.25, 0.3) is 0 Å². The fourth-order valence-corrected chi connectivity index (χ4v) is 1.41. The third-order valence-corrected chi connectivity index (χ3v) is 2.27. The van der Waals surface area contributed by atoms with E-state index in [1.165, 1.54) is 0 Å². The number of rotatable bonds is 4. The number of para-hydroxylation sites is 1. The summed E-state index contributed by atoms with van der Waals surface area (Å²) in [4.78, 5) is 4.18.